The van der Waals surface area contributed by atoms with E-state index in [-0.39, 0.29) is 37.1 Å². The normalized spacial score (nSPS) is 14.7. The van der Waals surface area contributed by atoms with Crippen LogP contribution in [-0.4, -0.2) is 71.3 Å². The maximum atomic E-state index is 11.5. The quantitative estimate of drug-likeness (QED) is 0.398. The van der Waals surface area contributed by atoms with Crippen LogP contribution in [0.5, 0.6) is 0 Å². The van der Waals surface area contributed by atoms with Crippen molar-refractivity contribution in [3.05, 3.63) is 5.82 Å². The van der Waals surface area contributed by atoms with E-state index < -0.39 is 9.76 Å². The first kappa shape index (κ1) is 21.7. The Morgan fingerprint density at radius 1 is 1.11 bits per heavy atom. The Morgan fingerprint density at radius 2 is 1.81 bits per heavy atom. The molecular weight excluding hydrogens is 423 g/mol. The van der Waals surface area contributed by atoms with Crippen LogP contribution in [0.4, 0.5) is 11.9 Å². The van der Waals surface area contributed by atoms with E-state index in [2.05, 4.69) is 25.6 Å². The SMILES string of the molecule is O=C(O)CCC(=O)NCCNc1nc(N2CCOCC2)nc(C(Cl)(Cl)Cl)n1. The number of amides is 1. The maximum absolute atomic E-state index is 11.5. The van der Waals surface area contributed by atoms with Gasteiger partial charge in [-0.2, -0.15) is 15.0 Å². The van der Waals surface area contributed by atoms with E-state index in [0.717, 1.165) is 0 Å². The van der Waals surface area contributed by atoms with Gasteiger partial charge >= 0.3 is 5.97 Å². The van der Waals surface area contributed by atoms with E-state index in [0.29, 0.717) is 38.8 Å². The molecule has 0 unspecified atom stereocenters. The van der Waals surface area contributed by atoms with Crippen molar-refractivity contribution in [2.45, 2.75) is 16.6 Å². The first-order valence-corrected chi connectivity index (χ1v) is 9.27. The number of hydrogen-bond donors (Lipinski definition) is 3. The fourth-order valence-corrected chi connectivity index (χ4v) is 2.41. The summed E-state index contributed by atoms with van der Waals surface area (Å²) in [4.78, 5) is 36.4. The van der Waals surface area contributed by atoms with Crippen LogP contribution in [0.3, 0.4) is 0 Å². The van der Waals surface area contributed by atoms with Gasteiger partial charge in [-0.1, -0.05) is 34.8 Å². The van der Waals surface area contributed by atoms with Crippen LogP contribution in [0.1, 0.15) is 18.7 Å². The van der Waals surface area contributed by atoms with Crippen LogP contribution in [0.25, 0.3) is 0 Å². The van der Waals surface area contributed by atoms with Crippen molar-refractivity contribution >= 4 is 58.6 Å². The number of aromatic nitrogens is 3. The number of ether oxygens (including phenoxy) is 1. The number of nitrogens with one attached hydrogen (secondary N) is 2. The number of halogens is 3. The molecule has 0 saturated carbocycles. The fraction of sp³-hybridized carbons (Fsp3) is 0.643. The Kier molecular flexibility index (Phi) is 8.08. The van der Waals surface area contributed by atoms with Crippen molar-refractivity contribution in [1.82, 2.24) is 20.3 Å². The molecule has 150 valence electrons. The molecule has 0 aliphatic carbocycles. The zero-order valence-electron chi connectivity index (χ0n) is 14.3. The van der Waals surface area contributed by atoms with Gasteiger partial charge in [0.05, 0.1) is 19.6 Å². The third kappa shape index (κ3) is 7.49. The zero-order chi connectivity index (χ0) is 19.9. The molecule has 13 heteroatoms. The molecule has 1 aliphatic rings. The van der Waals surface area contributed by atoms with Crippen molar-refractivity contribution in [3.8, 4) is 0 Å². The lowest BCUT2D eigenvalue weighted by Crippen LogP contribution is -2.38. The Bertz CT molecular complexity index is 667. The van der Waals surface area contributed by atoms with Gasteiger partial charge < -0.3 is 25.4 Å². The van der Waals surface area contributed by atoms with Gasteiger partial charge in [-0.05, 0) is 0 Å². The van der Waals surface area contributed by atoms with Gasteiger partial charge in [0.15, 0.2) is 5.82 Å². The monoisotopic (exact) mass is 440 g/mol. The molecule has 2 rings (SSSR count). The number of carboxylic acid groups (broad SMARTS) is 1. The first-order valence-electron chi connectivity index (χ1n) is 8.14. The predicted octanol–water partition coefficient (Wildman–Crippen LogP) is 0.928. The number of rotatable bonds is 8. The van der Waals surface area contributed by atoms with Gasteiger partial charge in [0.2, 0.25) is 21.6 Å². The summed E-state index contributed by atoms with van der Waals surface area (Å²) in [5.74, 6) is -0.832. The lowest BCUT2D eigenvalue weighted by Gasteiger charge is -2.27. The highest BCUT2D eigenvalue weighted by molar-refractivity contribution is 6.66. The van der Waals surface area contributed by atoms with E-state index in [9.17, 15) is 9.59 Å². The van der Waals surface area contributed by atoms with Crippen LogP contribution in [0, 0.1) is 0 Å². The average molecular weight is 442 g/mol. The number of carboxylic acids is 1. The molecule has 2 heterocycles. The van der Waals surface area contributed by atoms with Crippen LogP contribution >= 0.6 is 34.8 Å². The van der Waals surface area contributed by atoms with Gasteiger partial charge in [0.1, 0.15) is 0 Å². The van der Waals surface area contributed by atoms with Gasteiger partial charge in [-0.3, -0.25) is 9.59 Å². The number of carbonyl (C=O) groups is 2. The molecule has 3 N–H and O–H groups in total. The smallest absolute Gasteiger partial charge is 0.303 e. The summed E-state index contributed by atoms with van der Waals surface area (Å²) in [5, 5.41) is 14.1. The minimum absolute atomic E-state index is 0.0167. The highest BCUT2D eigenvalue weighted by Gasteiger charge is 2.29. The Labute approximate surface area is 170 Å². The fourth-order valence-electron chi connectivity index (χ4n) is 2.16. The third-order valence-corrected chi connectivity index (χ3v) is 3.97. The van der Waals surface area contributed by atoms with Gasteiger partial charge in [-0.25, -0.2) is 0 Å². The number of alkyl halides is 3. The summed E-state index contributed by atoms with van der Waals surface area (Å²) in [6.45, 7) is 2.83. The number of hydrogen-bond acceptors (Lipinski definition) is 8. The molecular formula is C14H19Cl3N6O4. The summed E-state index contributed by atoms with van der Waals surface area (Å²) in [5.41, 5.74) is 0. The third-order valence-electron chi connectivity index (χ3n) is 3.47. The second kappa shape index (κ2) is 10.1. The van der Waals surface area contributed by atoms with Crippen molar-refractivity contribution in [2.75, 3.05) is 49.6 Å². The van der Waals surface area contributed by atoms with E-state index in [1.54, 1.807) is 0 Å². The highest BCUT2D eigenvalue weighted by atomic mass is 35.6. The van der Waals surface area contributed by atoms with E-state index in [1.807, 2.05) is 4.90 Å². The second-order valence-corrected chi connectivity index (χ2v) is 7.83. The van der Waals surface area contributed by atoms with Gasteiger partial charge in [-0.15, -0.1) is 0 Å². The molecule has 0 bridgehead atoms. The Hall–Kier alpha value is -1.62. The predicted molar refractivity (Wildman–Crippen MR) is 100 cm³/mol. The van der Waals surface area contributed by atoms with Gasteiger partial charge in [0, 0.05) is 32.6 Å². The van der Waals surface area contributed by atoms with E-state index in [1.165, 1.54) is 0 Å². The highest BCUT2D eigenvalue weighted by Crippen LogP contribution is 2.36. The summed E-state index contributed by atoms with van der Waals surface area (Å²) < 4.78 is 3.49. The molecule has 1 fully saturated rings. The molecule has 0 atom stereocenters. The molecule has 0 radical (unpaired) electrons. The topological polar surface area (TPSA) is 130 Å². The van der Waals surface area contributed by atoms with Crippen LogP contribution < -0.4 is 15.5 Å². The largest absolute Gasteiger partial charge is 0.481 e. The number of aliphatic carboxylic acids is 1. The summed E-state index contributed by atoms with van der Waals surface area (Å²) >= 11 is 17.7. The number of morpholine rings is 1. The molecule has 1 aliphatic heterocycles. The van der Waals surface area contributed by atoms with Crippen molar-refractivity contribution < 1.29 is 19.4 Å². The standard InChI is InChI=1S/C14H19Cl3N6O4/c15-14(16,17)11-20-12(19-4-3-18-9(24)1-2-10(25)26)22-13(21-11)23-5-7-27-8-6-23/h1-8H2,(H,18,24)(H,25,26)(H,19,20,21,22). The maximum Gasteiger partial charge on any atom is 0.303 e. The van der Waals surface area contributed by atoms with Crippen molar-refractivity contribution in [1.29, 1.82) is 0 Å². The average Bonchev–Trinajstić information content (AvgIpc) is 2.63. The van der Waals surface area contributed by atoms with Crippen LogP contribution in [0.15, 0.2) is 0 Å². The number of anilines is 2. The minimum Gasteiger partial charge on any atom is -0.481 e. The molecule has 1 aromatic heterocycles. The first-order chi connectivity index (χ1) is 12.8. The Balaban J connectivity index is 1.96. The van der Waals surface area contributed by atoms with Gasteiger partial charge in [0.25, 0.3) is 0 Å². The second-order valence-electron chi connectivity index (χ2n) is 5.55. The molecule has 1 saturated heterocycles. The number of carbonyl (C=O) groups excluding carboxylic acids is 1. The molecule has 0 spiro atoms. The molecule has 27 heavy (non-hydrogen) atoms. The van der Waals surface area contributed by atoms with Crippen LogP contribution in [0.2, 0.25) is 0 Å². The summed E-state index contributed by atoms with van der Waals surface area (Å²) in [6, 6.07) is 0. The van der Waals surface area contributed by atoms with Crippen molar-refractivity contribution in [3.63, 3.8) is 0 Å². The molecule has 1 aromatic rings. The summed E-state index contributed by atoms with van der Waals surface area (Å²) in [7, 11) is 0. The zero-order valence-corrected chi connectivity index (χ0v) is 16.5. The minimum atomic E-state index is -1.81. The lowest BCUT2D eigenvalue weighted by atomic mass is 10.3. The van der Waals surface area contributed by atoms with Crippen molar-refractivity contribution in [2.24, 2.45) is 0 Å². The number of nitrogens with zero attached hydrogens (tertiary/aromatic N) is 4. The molecule has 10 nitrogen and oxygen atoms in total. The molecule has 0 aromatic carbocycles. The lowest BCUT2D eigenvalue weighted by molar-refractivity contribution is -0.138. The van der Waals surface area contributed by atoms with Crippen LogP contribution in [-0.2, 0) is 18.1 Å². The van der Waals surface area contributed by atoms with E-state index in [4.69, 9.17) is 44.6 Å². The Morgan fingerprint density at radius 3 is 2.44 bits per heavy atom. The molecule has 1 amide bonds. The van der Waals surface area contributed by atoms with E-state index >= 15 is 0 Å². The summed E-state index contributed by atoms with van der Waals surface area (Å²) in [6.07, 6.45) is -0.304.